The number of carbonyl (C=O) groups is 2. The molecule has 8 heteroatoms. The number of carbonyl (C=O) groups excluding carboxylic acids is 2. The predicted octanol–water partition coefficient (Wildman–Crippen LogP) is 1.34. The molecule has 4 aliphatic rings. The van der Waals surface area contributed by atoms with Gasteiger partial charge < -0.3 is 9.80 Å². The van der Waals surface area contributed by atoms with Crippen LogP contribution in [0.1, 0.15) is 51.4 Å². The third-order valence-corrected chi connectivity index (χ3v) is 7.52. The van der Waals surface area contributed by atoms with Crippen LogP contribution in [0.15, 0.2) is 6.33 Å². The molecular weight excluding hydrogens is 356 g/mol. The number of nitrogens with zero attached hydrogens (tertiary/aromatic N) is 6. The van der Waals surface area contributed by atoms with E-state index in [1.54, 1.807) is 11.0 Å². The fourth-order valence-corrected chi connectivity index (χ4v) is 6.17. The standard InChI is InChI=1S/C20H30N6O2/c27-19-3-1-2-18-17-8-15(11-26(18)19)9-24(12-17)20(28)16-6-4-14(5-7-16)10-25-13-21-22-23-25/h13-18H,1-12H2/t14?,15-,16?,17+,18-/m1/s1. The van der Waals surface area contributed by atoms with E-state index in [0.717, 1.165) is 64.7 Å². The van der Waals surface area contributed by atoms with Gasteiger partial charge in [-0.05, 0) is 73.1 Å². The summed E-state index contributed by atoms with van der Waals surface area (Å²) >= 11 is 0. The number of aromatic nitrogens is 4. The van der Waals surface area contributed by atoms with E-state index in [2.05, 4.69) is 25.3 Å². The Kier molecular flexibility index (Phi) is 4.80. The Morgan fingerprint density at radius 3 is 2.75 bits per heavy atom. The molecule has 0 radical (unpaired) electrons. The first kappa shape index (κ1) is 18.1. The van der Waals surface area contributed by atoms with E-state index >= 15 is 0 Å². The summed E-state index contributed by atoms with van der Waals surface area (Å²) in [5.41, 5.74) is 0. The zero-order valence-corrected chi connectivity index (χ0v) is 16.4. The zero-order valence-electron chi connectivity index (χ0n) is 16.4. The molecule has 3 saturated heterocycles. The molecule has 3 aliphatic heterocycles. The van der Waals surface area contributed by atoms with Gasteiger partial charge in [-0.25, -0.2) is 4.68 Å². The third-order valence-electron chi connectivity index (χ3n) is 7.52. The van der Waals surface area contributed by atoms with Crippen molar-refractivity contribution in [2.45, 2.75) is 64.0 Å². The Morgan fingerprint density at radius 1 is 1.11 bits per heavy atom. The van der Waals surface area contributed by atoms with Crippen molar-refractivity contribution >= 4 is 11.8 Å². The normalized spacial score (nSPS) is 35.6. The van der Waals surface area contributed by atoms with Gasteiger partial charge in [-0.3, -0.25) is 9.59 Å². The minimum absolute atomic E-state index is 0.174. The van der Waals surface area contributed by atoms with Crippen LogP contribution < -0.4 is 0 Å². The Bertz CT molecular complexity index is 714. The van der Waals surface area contributed by atoms with E-state index in [4.69, 9.17) is 0 Å². The molecule has 4 fully saturated rings. The number of fused-ring (bicyclic) bond motifs is 4. The first-order valence-electron chi connectivity index (χ1n) is 11.0. The SMILES string of the molecule is O=C(C1CCC(Cn2cnnn2)CC1)N1C[C@H]2C[C@@H](C1)[C@H]1CCCC(=O)N1C2. The molecule has 2 amide bonds. The van der Waals surface area contributed by atoms with Gasteiger partial charge in [-0.1, -0.05) is 0 Å². The van der Waals surface area contributed by atoms with Gasteiger partial charge in [0.1, 0.15) is 6.33 Å². The molecule has 2 bridgehead atoms. The molecule has 4 heterocycles. The topological polar surface area (TPSA) is 84.2 Å². The van der Waals surface area contributed by atoms with Crippen LogP contribution in [0.2, 0.25) is 0 Å². The summed E-state index contributed by atoms with van der Waals surface area (Å²) in [6.07, 6.45) is 9.81. The van der Waals surface area contributed by atoms with Crippen LogP contribution >= 0.6 is 0 Å². The van der Waals surface area contributed by atoms with Crippen molar-refractivity contribution in [2.24, 2.45) is 23.7 Å². The number of hydrogen-bond acceptors (Lipinski definition) is 5. The van der Waals surface area contributed by atoms with Crippen molar-refractivity contribution in [2.75, 3.05) is 19.6 Å². The van der Waals surface area contributed by atoms with Crippen LogP contribution in [-0.2, 0) is 16.1 Å². The number of piperidine rings is 3. The van der Waals surface area contributed by atoms with Crippen LogP contribution in [0.5, 0.6) is 0 Å². The average Bonchev–Trinajstić information content (AvgIpc) is 3.22. The van der Waals surface area contributed by atoms with Crippen molar-refractivity contribution in [1.29, 1.82) is 0 Å². The third kappa shape index (κ3) is 3.42. The summed E-state index contributed by atoms with van der Waals surface area (Å²) in [6, 6.07) is 0.375. The molecule has 8 nitrogen and oxygen atoms in total. The Balaban J connectivity index is 1.17. The number of likely N-dealkylation sites (tertiary alicyclic amines) is 1. The van der Waals surface area contributed by atoms with Crippen LogP contribution in [0.25, 0.3) is 0 Å². The number of rotatable bonds is 3. The second kappa shape index (κ2) is 7.44. The van der Waals surface area contributed by atoms with E-state index in [-0.39, 0.29) is 5.92 Å². The first-order chi connectivity index (χ1) is 13.7. The van der Waals surface area contributed by atoms with Crippen LogP contribution in [-0.4, -0.2) is 67.5 Å². The minimum atomic E-state index is 0.174. The van der Waals surface area contributed by atoms with Crippen molar-refractivity contribution in [3.8, 4) is 0 Å². The maximum absolute atomic E-state index is 13.2. The fourth-order valence-electron chi connectivity index (χ4n) is 6.17. The van der Waals surface area contributed by atoms with Crippen molar-refractivity contribution in [3.63, 3.8) is 0 Å². The highest BCUT2D eigenvalue weighted by Crippen LogP contribution is 2.39. The van der Waals surface area contributed by atoms with Gasteiger partial charge in [0, 0.05) is 44.6 Å². The second-order valence-electron chi connectivity index (χ2n) is 9.36. The largest absolute Gasteiger partial charge is 0.342 e. The van der Waals surface area contributed by atoms with E-state index in [1.807, 2.05) is 0 Å². The summed E-state index contributed by atoms with van der Waals surface area (Å²) in [7, 11) is 0. The fraction of sp³-hybridized carbons (Fsp3) is 0.850. The monoisotopic (exact) mass is 386 g/mol. The van der Waals surface area contributed by atoms with Gasteiger partial charge in [0.05, 0.1) is 0 Å². The quantitative estimate of drug-likeness (QED) is 0.783. The van der Waals surface area contributed by atoms with Gasteiger partial charge in [0.2, 0.25) is 11.8 Å². The van der Waals surface area contributed by atoms with Crippen LogP contribution in [0, 0.1) is 23.7 Å². The summed E-state index contributed by atoms with van der Waals surface area (Å²) in [5.74, 6) is 2.40. The summed E-state index contributed by atoms with van der Waals surface area (Å²) < 4.78 is 1.80. The molecule has 1 aromatic rings. The lowest BCUT2D eigenvalue weighted by Gasteiger charge is -2.52. The molecule has 0 N–H and O–H groups in total. The smallest absolute Gasteiger partial charge is 0.225 e. The van der Waals surface area contributed by atoms with Crippen molar-refractivity contribution < 1.29 is 9.59 Å². The van der Waals surface area contributed by atoms with Gasteiger partial charge in [-0.2, -0.15) is 0 Å². The Labute approximate surface area is 165 Å². The van der Waals surface area contributed by atoms with Crippen molar-refractivity contribution in [3.05, 3.63) is 6.33 Å². The number of tetrazole rings is 1. The van der Waals surface area contributed by atoms with E-state index in [1.165, 1.54) is 6.42 Å². The Hall–Kier alpha value is -1.99. The lowest BCUT2D eigenvalue weighted by molar-refractivity contribution is -0.151. The average molecular weight is 387 g/mol. The van der Waals surface area contributed by atoms with E-state index in [0.29, 0.717) is 42.0 Å². The van der Waals surface area contributed by atoms with Crippen molar-refractivity contribution in [1.82, 2.24) is 30.0 Å². The summed E-state index contributed by atoms with van der Waals surface area (Å²) in [6.45, 7) is 3.42. The van der Waals surface area contributed by atoms with Gasteiger partial charge >= 0.3 is 0 Å². The van der Waals surface area contributed by atoms with Crippen LogP contribution in [0.4, 0.5) is 0 Å². The molecule has 0 unspecified atom stereocenters. The minimum Gasteiger partial charge on any atom is -0.342 e. The molecule has 0 aromatic carbocycles. The maximum atomic E-state index is 13.2. The highest BCUT2D eigenvalue weighted by Gasteiger charge is 2.45. The number of amides is 2. The maximum Gasteiger partial charge on any atom is 0.225 e. The lowest BCUT2D eigenvalue weighted by atomic mass is 9.75. The van der Waals surface area contributed by atoms with Crippen LogP contribution in [0.3, 0.4) is 0 Å². The lowest BCUT2D eigenvalue weighted by Crippen LogP contribution is -2.61. The predicted molar refractivity (Wildman–Crippen MR) is 101 cm³/mol. The number of hydrogen-bond donors (Lipinski definition) is 0. The molecule has 28 heavy (non-hydrogen) atoms. The van der Waals surface area contributed by atoms with Gasteiger partial charge in [0.25, 0.3) is 0 Å². The molecule has 1 aromatic heterocycles. The molecule has 1 aliphatic carbocycles. The zero-order chi connectivity index (χ0) is 19.1. The van der Waals surface area contributed by atoms with Gasteiger partial charge in [-0.15, -0.1) is 5.10 Å². The highest BCUT2D eigenvalue weighted by molar-refractivity contribution is 5.79. The van der Waals surface area contributed by atoms with E-state index in [9.17, 15) is 9.59 Å². The molecule has 1 saturated carbocycles. The first-order valence-corrected chi connectivity index (χ1v) is 11.0. The summed E-state index contributed by atoms with van der Waals surface area (Å²) in [5, 5.41) is 11.4. The molecule has 152 valence electrons. The van der Waals surface area contributed by atoms with Gasteiger partial charge in [0.15, 0.2) is 0 Å². The molecule has 3 atom stereocenters. The Morgan fingerprint density at radius 2 is 1.96 bits per heavy atom. The van der Waals surface area contributed by atoms with E-state index < -0.39 is 0 Å². The molecular formula is C20H30N6O2. The summed E-state index contributed by atoms with van der Waals surface area (Å²) in [4.78, 5) is 29.8. The highest BCUT2D eigenvalue weighted by atomic mass is 16.2. The molecule has 0 spiro atoms. The second-order valence-corrected chi connectivity index (χ2v) is 9.36. The molecule has 5 rings (SSSR count).